The van der Waals surface area contributed by atoms with Crippen LogP contribution in [0.4, 0.5) is 13.2 Å². The highest BCUT2D eigenvalue weighted by molar-refractivity contribution is 7.90. The summed E-state index contributed by atoms with van der Waals surface area (Å²) in [6.45, 7) is 1.38. The van der Waals surface area contributed by atoms with Gasteiger partial charge < -0.3 is 10.1 Å². The van der Waals surface area contributed by atoms with Gasteiger partial charge >= 0.3 is 6.18 Å². The van der Waals surface area contributed by atoms with Crippen molar-refractivity contribution in [2.75, 3.05) is 25.1 Å². The Labute approximate surface area is 126 Å². The smallest absolute Gasteiger partial charge is 0.433 e. The molecule has 1 fully saturated rings. The van der Waals surface area contributed by atoms with Crippen LogP contribution in [0, 0.1) is 5.92 Å². The monoisotopic (exact) mass is 338 g/mol. The molecule has 0 saturated carbocycles. The van der Waals surface area contributed by atoms with Crippen molar-refractivity contribution in [1.29, 1.82) is 0 Å². The van der Waals surface area contributed by atoms with E-state index in [0.29, 0.717) is 6.54 Å². The van der Waals surface area contributed by atoms with Crippen LogP contribution in [-0.2, 0) is 16.0 Å². The predicted molar refractivity (Wildman–Crippen MR) is 74.3 cm³/mol. The SMILES string of the molecule is CS(=O)(=O)C[C@@H](Oc1ccc(C(F)(F)F)nc1)C1CCNC1. The second-order valence-corrected chi connectivity index (χ2v) is 7.56. The van der Waals surface area contributed by atoms with E-state index in [1.165, 1.54) is 0 Å². The molecule has 5 nitrogen and oxygen atoms in total. The molecule has 1 aromatic heterocycles. The van der Waals surface area contributed by atoms with Crippen LogP contribution in [0.15, 0.2) is 18.3 Å². The first kappa shape index (κ1) is 17.0. The third-order valence-corrected chi connectivity index (χ3v) is 4.34. The summed E-state index contributed by atoms with van der Waals surface area (Å²) in [6, 6.07) is 1.98. The van der Waals surface area contributed by atoms with Gasteiger partial charge in [0, 0.05) is 18.7 Å². The summed E-state index contributed by atoms with van der Waals surface area (Å²) in [5, 5.41) is 3.11. The van der Waals surface area contributed by atoms with E-state index in [-0.39, 0.29) is 17.4 Å². The summed E-state index contributed by atoms with van der Waals surface area (Å²) >= 11 is 0. The van der Waals surface area contributed by atoms with Crippen molar-refractivity contribution < 1.29 is 26.3 Å². The molecular weight excluding hydrogens is 321 g/mol. The number of halogens is 3. The lowest BCUT2D eigenvalue weighted by Gasteiger charge is -2.23. The number of sulfone groups is 1. The predicted octanol–water partition coefficient (Wildman–Crippen LogP) is 1.50. The summed E-state index contributed by atoms with van der Waals surface area (Å²) in [5.74, 6) is -0.0500. The molecule has 2 heterocycles. The van der Waals surface area contributed by atoms with Crippen molar-refractivity contribution in [3.8, 4) is 5.75 Å². The van der Waals surface area contributed by atoms with E-state index >= 15 is 0 Å². The van der Waals surface area contributed by atoms with Crippen molar-refractivity contribution in [1.82, 2.24) is 10.3 Å². The molecule has 0 spiro atoms. The van der Waals surface area contributed by atoms with Crippen molar-refractivity contribution >= 4 is 9.84 Å². The molecule has 1 N–H and O–H groups in total. The molecule has 1 aromatic rings. The van der Waals surface area contributed by atoms with E-state index in [0.717, 1.165) is 37.6 Å². The average Bonchev–Trinajstić information content (AvgIpc) is 2.89. The molecule has 1 unspecified atom stereocenters. The first-order valence-corrected chi connectivity index (χ1v) is 8.79. The molecule has 0 amide bonds. The Bertz CT molecular complexity index is 596. The molecule has 0 aliphatic carbocycles. The minimum Gasteiger partial charge on any atom is -0.487 e. The van der Waals surface area contributed by atoms with E-state index < -0.39 is 27.8 Å². The molecule has 1 aliphatic rings. The Kier molecular flexibility index (Phi) is 4.96. The third kappa shape index (κ3) is 4.84. The first-order valence-electron chi connectivity index (χ1n) is 6.73. The summed E-state index contributed by atoms with van der Waals surface area (Å²) in [5.41, 5.74) is -1.01. The van der Waals surface area contributed by atoms with Crippen LogP contribution in [0.25, 0.3) is 0 Å². The first-order chi connectivity index (χ1) is 10.1. The molecule has 0 bridgehead atoms. The second-order valence-electron chi connectivity index (χ2n) is 5.38. The van der Waals surface area contributed by atoms with Gasteiger partial charge in [-0.25, -0.2) is 13.4 Å². The molecule has 1 saturated heterocycles. The Morgan fingerprint density at radius 3 is 2.64 bits per heavy atom. The number of nitrogens with one attached hydrogen (secondary N) is 1. The summed E-state index contributed by atoms with van der Waals surface area (Å²) < 4.78 is 66.0. The summed E-state index contributed by atoms with van der Waals surface area (Å²) in [4.78, 5) is 3.31. The maximum atomic E-state index is 12.5. The number of pyridine rings is 1. The number of ether oxygens (including phenoxy) is 1. The minimum absolute atomic E-state index is 0.00276. The van der Waals surface area contributed by atoms with Gasteiger partial charge in [0.15, 0.2) is 9.84 Å². The van der Waals surface area contributed by atoms with Gasteiger partial charge in [0.05, 0.1) is 11.9 Å². The number of aromatic nitrogens is 1. The fourth-order valence-electron chi connectivity index (χ4n) is 2.35. The van der Waals surface area contributed by atoms with E-state index in [9.17, 15) is 21.6 Å². The lowest BCUT2D eigenvalue weighted by molar-refractivity contribution is -0.141. The lowest BCUT2D eigenvalue weighted by atomic mass is 10.0. The van der Waals surface area contributed by atoms with Gasteiger partial charge in [-0.1, -0.05) is 0 Å². The van der Waals surface area contributed by atoms with Crippen molar-refractivity contribution in [3.63, 3.8) is 0 Å². The minimum atomic E-state index is -4.51. The number of nitrogens with zero attached hydrogens (tertiary/aromatic N) is 1. The molecule has 124 valence electrons. The zero-order valence-electron chi connectivity index (χ0n) is 11.9. The fraction of sp³-hybridized carbons (Fsp3) is 0.615. The van der Waals surface area contributed by atoms with Gasteiger partial charge in [0.2, 0.25) is 0 Å². The Morgan fingerprint density at radius 2 is 2.18 bits per heavy atom. The van der Waals surface area contributed by atoms with Crippen LogP contribution in [0.1, 0.15) is 12.1 Å². The van der Waals surface area contributed by atoms with E-state index in [1.807, 2.05) is 0 Å². The normalized spacial score (nSPS) is 20.8. The Hall–Kier alpha value is -1.35. The highest BCUT2D eigenvalue weighted by Crippen LogP contribution is 2.29. The molecule has 9 heteroatoms. The largest absolute Gasteiger partial charge is 0.487 e. The number of hydrogen-bond acceptors (Lipinski definition) is 5. The van der Waals surface area contributed by atoms with Crippen LogP contribution >= 0.6 is 0 Å². The zero-order chi connectivity index (χ0) is 16.4. The molecule has 2 rings (SSSR count). The van der Waals surface area contributed by atoms with Gasteiger partial charge in [0.25, 0.3) is 0 Å². The van der Waals surface area contributed by atoms with Gasteiger partial charge in [-0.05, 0) is 25.1 Å². The molecule has 0 radical (unpaired) electrons. The molecular formula is C13H17F3N2O3S. The number of hydrogen-bond donors (Lipinski definition) is 1. The van der Waals surface area contributed by atoms with Crippen molar-refractivity contribution in [2.24, 2.45) is 5.92 Å². The topological polar surface area (TPSA) is 68.3 Å². The maximum absolute atomic E-state index is 12.5. The van der Waals surface area contributed by atoms with Crippen molar-refractivity contribution in [3.05, 3.63) is 24.0 Å². The molecule has 0 aromatic carbocycles. The summed E-state index contributed by atoms with van der Waals surface area (Å²) in [7, 11) is -3.27. The van der Waals surface area contributed by atoms with Crippen LogP contribution in [0.5, 0.6) is 5.75 Å². The average molecular weight is 338 g/mol. The highest BCUT2D eigenvalue weighted by atomic mass is 32.2. The van der Waals surface area contributed by atoms with Crippen LogP contribution < -0.4 is 10.1 Å². The van der Waals surface area contributed by atoms with E-state index in [1.54, 1.807) is 0 Å². The van der Waals surface area contributed by atoms with Crippen molar-refractivity contribution in [2.45, 2.75) is 18.7 Å². The quantitative estimate of drug-likeness (QED) is 0.881. The molecule has 1 aliphatic heterocycles. The van der Waals surface area contributed by atoms with E-state index in [4.69, 9.17) is 4.74 Å². The maximum Gasteiger partial charge on any atom is 0.433 e. The van der Waals surface area contributed by atoms with Crippen LogP contribution in [0.2, 0.25) is 0 Å². The van der Waals surface area contributed by atoms with Crippen LogP contribution in [-0.4, -0.2) is 44.6 Å². The Balaban J connectivity index is 2.12. The van der Waals surface area contributed by atoms with Gasteiger partial charge in [-0.3, -0.25) is 0 Å². The number of alkyl halides is 3. The van der Waals surface area contributed by atoms with Crippen LogP contribution in [0.3, 0.4) is 0 Å². The molecule has 2 atom stereocenters. The third-order valence-electron chi connectivity index (χ3n) is 3.41. The van der Waals surface area contributed by atoms with E-state index in [2.05, 4.69) is 10.3 Å². The zero-order valence-corrected chi connectivity index (χ0v) is 12.7. The standard InChI is InChI=1S/C13H17F3N2O3S/c1-22(19,20)8-11(9-4-5-17-6-9)21-10-2-3-12(18-7-10)13(14,15)16/h2-3,7,9,11,17H,4-6,8H2,1H3/t9?,11-/m1/s1. The summed E-state index contributed by atoms with van der Waals surface area (Å²) in [6.07, 6.45) is -2.28. The Morgan fingerprint density at radius 1 is 1.45 bits per heavy atom. The van der Waals surface area contributed by atoms with Gasteiger partial charge in [-0.15, -0.1) is 0 Å². The second kappa shape index (κ2) is 6.41. The number of rotatable bonds is 5. The van der Waals surface area contributed by atoms with Gasteiger partial charge in [0.1, 0.15) is 17.5 Å². The highest BCUT2D eigenvalue weighted by Gasteiger charge is 2.33. The molecule has 22 heavy (non-hydrogen) atoms. The lowest BCUT2D eigenvalue weighted by Crippen LogP contribution is -2.35. The fourth-order valence-corrected chi connectivity index (χ4v) is 3.29. The van der Waals surface area contributed by atoms with Gasteiger partial charge in [-0.2, -0.15) is 13.2 Å².